The van der Waals surface area contributed by atoms with E-state index >= 15 is 0 Å². The number of carboxylic acid groups (broad SMARTS) is 1. The molecule has 3 aromatic carbocycles. The summed E-state index contributed by atoms with van der Waals surface area (Å²) in [5.74, 6) is 0.191. The maximum absolute atomic E-state index is 13.1. The van der Waals surface area contributed by atoms with E-state index in [4.69, 9.17) is 37.4 Å². The number of ether oxygens (including phenoxy) is 3. The van der Waals surface area contributed by atoms with Gasteiger partial charge in [0.1, 0.15) is 18.1 Å². The maximum Gasteiger partial charge on any atom is 0.333 e. The molecule has 0 radical (unpaired) electrons. The number of amides is 2. The average molecular weight is 590 g/mol. The minimum atomic E-state index is -0.993. The predicted octanol–water partition coefficient (Wildman–Crippen LogP) is 6.72. The summed E-state index contributed by atoms with van der Waals surface area (Å²) in [5.41, 5.74) is 2.58. The summed E-state index contributed by atoms with van der Waals surface area (Å²) in [4.78, 5) is 26.1. The van der Waals surface area contributed by atoms with Crippen LogP contribution in [0.2, 0.25) is 10.0 Å². The second-order valence-electron chi connectivity index (χ2n) is 9.07. The van der Waals surface area contributed by atoms with Gasteiger partial charge in [0.2, 0.25) is 0 Å². The highest BCUT2D eigenvalue weighted by molar-refractivity contribution is 6.34. The standard InChI is InChI=1S/C30H34Cl2N2O6/c1-3-38-28(29(35)36)17-22-8-10-26(11-9-22)40-15-13-34(30(37)33-25-7-4-6-21(2)16-25)12-5-14-39-27-19-23(31)18-24(32)20-27/h4,6-11,16,18-20,28H,3,5,12-15,17H2,1-2H3,(H,33,37)(H,35,36). The van der Waals surface area contributed by atoms with E-state index in [1.807, 2.05) is 43.3 Å². The molecule has 0 bridgehead atoms. The zero-order chi connectivity index (χ0) is 28.9. The fourth-order valence-corrected chi connectivity index (χ4v) is 4.43. The van der Waals surface area contributed by atoms with Gasteiger partial charge >= 0.3 is 12.0 Å². The predicted molar refractivity (Wildman–Crippen MR) is 157 cm³/mol. The molecule has 40 heavy (non-hydrogen) atoms. The van der Waals surface area contributed by atoms with E-state index in [0.29, 0.717) is 60.0 Å². The van der Waals surface area contributed by atoms with Gasteiger partial charge in [0.05, 0.1) is 13.2 Å². The summed E-state index contributed by atoms with van der Waals surface area (Å²) >= 11 is 12.1. The maximum atomic E-state index is 13.1. The molecule has 1 unspecified atom stereocenters. The number of aliphatic carboxylic acids is 1. The van der Waals surface area contributed by atoms with Crippen LogP contribution in [0.5, 0.6) is 11.5 Å². The smallest absolute Gasteiger partial charge is 0.333 e. The number of nitrogens with zero attached hydrogens (tertiary/aromatic N) is 1. The van der Waals surface area contributed by atoms with Crippen molar-refractivity contribution in [2.45, 2.75) is 32.8 Å². The van der Waals surface area contributed by atoms with Crippen LogP contribution < -0.4 is 14.8 Å². The lowest BCUT2D eigenvalue weighted by Crippen LogP contribution is -2.39. The SMILES string of the molecule is CCOC(Cc1ccc(OCCN(CCCOc2cc(Cl)cc(Cl)c2)C(=O)Nc2cccc(C)c2)cc1)C(=O)O. The summed E-state index contributed by atoms with van der Waals surface area (Å²) in [6, 6.07) is 19.5. The zero-order valence-electron chi connectivity index (χ0n) is 22.6. The van der Waals surface area contributed by atoms with Crippen LogP contribution in [-0.2, 0) is 16.0 Å². The minimum Gasteiger partial charge on any atom is -0.493 e. The van der Waals surface area contributed by atoms with E-state index in [1.54, 1.807) is 42.2 Å². The summed E-state index contributed by atoms with van der Waals surface area (Å²) in [7, 11) is 0. The Hall–Kier alpha value is -3.46. The van der Waals surface area contributed by atoms with Crippen molar-refractivity contribution in [3.05, 3.63) is 87.9 Å². The molecule has 0 aromatic heterocycles. The fraction of sp³-hybridized carbons (Fsp3) is 0.333. The first kappa shape index (κ1) is 31.1. The van der Waals surface area contributed by atoms with E-state index in [1.165, 1.54) is 0 Å². The molecule has 8 nitrogen and oxygen atoms in total. The van der Waals surface area contributed by atoms with E-state index in [9.17, 15) is 14.7 Å². The molecule has 0 saturated heterocycles. The third kappa shape index (κ3) is 10.6. The lowest BCUT2D eigenvalue weighted by atomic mass is 10.1. The first-order chi connectivity index (χ1) is 19.2. The Balaban J connectivity index is 1.55. The van der Waals surface area contributed by atoms with Crippen LogP contribution >= 0.6 is 23.2 Å². The van der Waals surface area contributed by atoms with Gasteiger partial charge in [-0.25, -0.2) is 9.59 Å². The number of carboxylic acids is 1. The minimum absolute atomic E-state index is 0.244. The van der Waals surface area contributed by atoms with Crippen LogP contribution in [0.25, 0.3) is 0 Å². The van der Waals surface area contributed by atoms with Crippen molar-refractivity contribution in [3.8, 4) is 11.5 Å². The lowest BCUT2D eigenvalue weighted by Gasteiger charge is -2.23. The van der Waals surface area contributed by atoms with Gasteiger partial charge in [-0.2, -0.15) is 0 Å². The Morgan fingerprint density at radius 1 is 0.925 bits per heavy atom. The number of urea groups is 1. The average Bonchev–Trinajstić information content (AvgIpc) is 2.90. The summed E-state index contributed by atoms with van der Waals surface area (Å²) in [6.45, 7) is 5.46. The van der Waals surface area contributed by atoms with E-state index in [2.05, 4.69) is 5.32 Å². The molecule has 3 rings (SSSR count). The van der Waals surface area contributed by atoms with Crippen molar-refractivity contribution in [2.75, 3.05) is 38.2 Å². The number of aryl methyl sites for hydroxylation is 1. The Kier molecular flexibility index (Phi) is 12.4. The Labute approximate surface area is 244 Å². The second-order valence-corrected chi connectivity index (χ2v) is 9.95. The molecule has 3 aromatic rings. The number of nitrogens with one attached hydrogen (secondary N) is 1. The zero-order valence-corrected chi connectivity index (χ0v) is 24.1. The number of halogens is 2. The van der Waals surface area contributed by atoms with Gasteiger partial charge in [0.25, 0.3) is 0 Å². The molecule has 0 aliphatic heterocycles. The lowest BCUT2D eigenvalue weighted by molar-refractivity contribution is -0.149. The van der Waals surface area contributed by atoms with E-state index < -0.39 is 12.1 Å². The van der Waals surface area contributed by atoms with Gasteiger partial charge in [-0.3, -0.25) is 0 Å². The van der Waals surface area contributed by atoms with Crippen molar-refractivity contribution in [3.63, 3.8) is 0 Å². The highest BCUT2D eigenvalue weighted by Gasteiger charge is 2.18. The van der Waals surface area contributed by atoms with Crippen molar-refractivity contribution in [2.24, 2.45) is 0 Å². The normalized spacial score (nSPS) is 11.5. The number of anilines is 1. The van der Waals surface area contributed by atoms with Crippen LogP contribution in [0.3, 0.4) is 0 Å². The largest absolute Gasteiger partial charge is 0.493 e. The first-order valence-electron chi connectivity index (χ1n) is 13.0. The molecular formula is C30H34Cl2N2O6. The number of carbonyl (C=O) groups excluding carboxylic acids is 1. The van der Waals surface area contributed by atoms with Crippen molar-refractivity contribution in [1.29, 1.82) is 0 Å². The third-order valence-electron chi connectivity index (χ3n) is 5.85. The van der Waals surface area contributed by atoms with Crippen LogP contribution in [0.1, 0.15) is 24.5 Å². The van der Waals surface area contributed by atoms with Crippen LogP contribution in [0.4, 0.5) is 10.5 Å². The Morgan fingerprint density at radius 3 is 2.27 bits per heavy atom. The van der Waals surface area contributed by atoms with E-state index in [-0.39, 0.29) is 19.1 Å². The fourth-order valence-electron chi connectivity index (χ4n) is 3.93. The number of hydrogen-bond donors (Lipinski definition) is 2. The first-order valence-corrected chi connectivity index (χ1v) is 13.8. The molecule has 2 amide bonds. The summed E-state index contributed by atoms with van der Waals surface area (Å²) < 4.78 is 16.9. The molecule has 0 saturated carbocycles. The highest BCUT2D eigenvalue weighted by Crippen LogP contribution is 2.24. The van der Waals surface area contributed by atoms with E-state index in [0.717, 1.165) is 11.1 Å². The summed E-state index contributed by atoms with van der Waals surface area (Å²) in [5, 5.41) is 13.2. The topological polar surface area (TPSA) is 97.3 Å². The van der Waals surface area contributed by atoms with Crippen LogP contribution in [0.15, 0.2) is 66.7 Å². The molecular weight excluding hydrogens is 555 g/mol. The monoisotopic (exact) mass is 588 g/mol. The Bertz CT molecular complexity index is 1230. The number of benzene rings is 3. The number of carbonyl (C=O) groups is 2. The molecule has 0 spiro atoms. The van der Waals surface area contributed by atoms with Gasteiger partial charge in [0.15, 0.2) is 6.10 Å². The third-order valence-corrected chi connectivity index (χ3v) is 6.29. The van der Waals surface area contributed by atoms with Crippen molar-refractivity contribution < 1.29 is 28.9 Å². The summed E-state index contributed by atoms with van der Waals surface area (Å²) in [6.07, 6.45) is -0.0538. The molecule has 1 atom stereocenters. The van der Waals surface area contributed by atoms with Gasteiger partial charge in [0, 0.05) is 35.3 Å². The van der Waals surface area contributed by atoms with Crippen molar-refractivity contribution >= 4 is 40.9 Å². The number of rotatable bonds is 15. The van der Waals surface area contributed by atoms with Gasteiger partial charge in [-0.05, 0) is 73.9 Å². The van der Waals surface area contributed by atoms with Gasteiger partial charge in [-0.15, -0.1) is 0 Å². The molecule has 2 N–H and O–H groups in total. The quantitative estimate of drug-likeness (QED) is 0.191. The molecule has 10 heteroatoms. The second kappa shape index (κ2) is 16.0. The van der Waals surface area contributed by atoms with Gasteiger partial charge < -0.3 is 29.5 Å². The molecule has 0 heterocycles. The van der Waals surface area contributed by atoms with Crippen molar-refractivity contribution in [1.82, 2.24) is 4.90 Å². The molecule has 214 valence electrons. The molecule has 0 aliphatic carbocycles. The number of hydrogen-bond acceptors (Lipinski definition) is 5. The highest BCUT2D eigenvalue weighted by atomic mass is 35.5. The van der Waals surface area contributed by atoms with Crippen LogP contribution in [-0.4, -0.2) is 61.0 Å². The molecule has 0 fully saturated rings. The Morgan fingerprint density at radius 2 is 1.62 bits per heavy atom. The molecule has 0 aliphatic rings. The van der Waals surface area contributed by atoms with Crippen LogP contribution in [0, 0.1) is 6.92 Å². The van der Waals surface area contributed by atoms with Gasteiger partial charge in [-0.1, -0.05) is 47.5 Å².